The average molecular weight is 368 g/mol. The Labute approximate surface area is 155 Å². The summed E-state index contributed by atoms with van der Waals surface area (Å²) in [4.78, 5) is 23.9. The molecule has 0 spiro atoms. The number of imidazole rings is 1. The Balaban J connectivity index is 1.42. The van der Waals surface area contributed by atoms with Gasteiger partial charge < -0.3 is 9.47 Å². The molecule has 1 amide bonds. The molecule has 0 aliphatic carbocycles. The molecule has 0 aromatic carbocycles. The van der Waals surface area contributed by atoms with E-state index in [4.69, 9.17) is 0 Å². The van der Waals surface area contributed by atoms with E-state index < -0.39 is 0 Å². The normalized spacial score (nSPS) is 15.3. The van der Waals surface area contributed by atoms with Crippen molar-refractivity contribution >= 4 is 17.4 Å². The molecule has 1 saturated heterocycles. The molecule has 0 bridgehead atoms. The smallest absolute Gasteiger partial charge is 0.267 e. The minimum absolute atomic E-state index is 0.0506. The van der Waals surface area contributed by atoms with E-state index in [9.17, 15) is 4.79 Å². The fraction of sp³-hybridized carbons (Fsp3) is 0.389. The fourth-order valence-electron chi connectivity index (χ4n) is 3.41. The minimum Gasteiger partial charge on any atom is -0.338 e. The molecular formula is C18H20N6OS. The van der Waals surface area contributed by atoms with Gasteiger partial charge in [0.2, 0.25) is 0 Å². The summed E-state index contributed by atoms with van der Waals surface area (Å²) in [7, 11) is 0. The number of aromatic nitrogens is 5. The van der Waals surface area contributed by atoms with Crippen LogP contribution in [-0.4, -0.2) is 48.0 Å². The molecule has 0 atom stereocenters. The van der Waals surface area contributed by atoms with Crippen LogP contribution >= 0.6 is 11.5 Å². The summed E-state index contributed by atoms with van der Waals surface area (Å²) in [5.41, 5.74) is 1.88. The molecule has 7 nitrogen and oxygen atoms in total. The van der Waals surface area contributed by atoms with Gasteiger partial charge in [-0.05, 0) is 42.9 Å². The molecule has 3 aromatic rings. The predicted octanol–water partition coefficient (Wildman–Crippen LogP) is 2.51. The van der Waals surface area contributed by atoms with Gasteiger partial charge in [-0.2, -0.15) is 0 Å². The van der Waals surface area contributed by atoms with Crippen molar-refractivity contribution in [3.8, 4) is 0 Å². The number of carbonyl (C=O) groups excluding carboxylic acids is 1. The summed E-state index contributed by atoms with van der Waals surface area (Å²) >= 11 is 1.18. The summed E-state index contributed by atoms with van der Waals surface area (Å²) in [6.07, 6.45) is 9.38. The number of aryl methyl sites for hydroxylation is 1. The van der Waals surface area contributed by atoms with Gasteiger partial charge in [-0.15, -0.1) is 5.10 Å². The van der Waals surface area contributed by atoms with Gasteiger partial charge in [0.15, 0.2) is 0 Å². The molecule has 1 fully saturated rings. The van der Waals surface area contributed by atoms with Gasteiger partial charge >= 0.3 is 0 Å². The zero-order valence-electron chi connectivity index (χ0n) is 14.6. The second-order valence-electron chi connectivity index (χ2n) is 6.53. The summed E-state index contributed by atoms with van der Waals surface area (Å²) in [5, 5.41) is 3.94. The van der Waals surface area contributed by atoms with Crippen LogP contribution in [0.1, 0.15) is 45.5 Å². The van der Waals surface area contributed by atoms with Crippen LogP contribution in [0.25, 0.3) is 0 Å². The average Bonchev–Trinajstić information content (AvgIpc) is 3.31. The van der Waals surface area contributed by atoms with Gasteiger partial charge in [-0.3, -0.25) is 9.78 Å². The third kappa shape index (κ3) is 3.37. The summed E-state index contributed by atoms with van der Waals surface area (Å²) in [5.74, 6) is 1.51. The number of amides is 1. The Kier molecular flexibility index (Phi) is 4.75. The number of nitrogens with zero attached hydrogens (tertiary/aromatic N) is 6. The van der Waals surface area contributed by atoms with E-state index in [-0.39, 0.29) is 5.91 Å². The second kappa shape index (κ2) is 7.33. The Morgan fingerprint density at radius 2 is 2.15 bits per heavy atom. The van der Waals surface area contributed by atoms with Crippen LogP contribution in [0.3, 0.4) is 0 Å². The van der Waals surface area contributed by atoms with Crippen molar-refractivity contribution in [2.75, 3.05) is 13.1 Å². The topological polar surface area (TPSA) is 76.8 Å². The number of pyridine rings is 1. The third-order valence-corrected chi connectivity index (χ3v) is 5.63. The largest absolute Gasteiger partial charge is 0.338 e. The maximum atomic E-state index is 12.6. The van der Waals surface area contributed by atoms with E-state index in [0.717, 1.165) is 43.9 Å². The van der Waals surface area contributed by atoms with Gasteiger partial charge in [0, 0.05) is 43.8 Å². The van der Waals surface area contributed by atoms with Crippen LogP contribution < -0.4 is 0 Å². The van der Waals surface area contributed by atoms with Crippen LogP contribution in [0.15, 0.2) is 36.9 Å². The molecule has 4 heterocycles. The van der Waals surface area contributed by atoms with E-state index >= 15 is 0 Å². The van der Waals surface area contributed by atoms with Crippen molar-refractivity contribution in [1.29, 1.82) is 0 Å². The zero-order chi connectivity index (χ0) is 17.9. The zero-order valence-corrected chi connectivity index (χ0v) is 15.4. The highest BCUT2D eigenvalue weighted by atomic mass is 32.1. The Hall–Kier alpha value is -2.61. The van der Waals surface area contributed by atoms with Crippen molar-refractivity contribution in [1.82, 2.24) is 29.0 Å². The highest BCUT2D eigenvalue weighted by molar-refractivity contribution is 7.07. The van der Waals surface area contributed by atoms with Crippen LogP contribution in [0.5, 0.6) is 0 Å². The number of hydrogen-bond donors (Lipinski definition) is 0. The monoisotopic (exact) mass is 368 g/mol. The molecule has 0 unspecified atom stereocenters. The van der Waals surface area contributed by atoms with E-state index in [2.05, 4.69) is 30.2 Å². The number of hydrogen-bond acceptors (Lipinski definition) is 6. The second-order valence-corrected chi connectivity index (χ2v) is 7.28. The Morgan fingerprint density at radius 1 is 1.31 bits per heavy atom. The van der Waals surface area contributed by atoms with Crippen molar-refractivity contribution in [2.24, 2.45) is 0 Å². The fourth-order valence-corrected chi connectivity index (χ4v) is 4.04. The lowest BCUT2D eigenvalue weighted by Crippen LogP contribution is -2.38. The molecule has 0 radical (unpaired) electrons. The standard InChI is InChI=1S/C18H20N6OS/c1-13-16(26-22-21-13)18(25)23-8-4-15(5-9-23)17-20-7-10-24(17)12-14-3-2-6-19-11-14/h2-3,6-7,10-11,15H,4-5,8-9,12H2,1H3. The van der Waals surface area contributed by atoms with Crippen molar-refractivity contribution < 1.29 is 4.79 Å². The lowest BCUT2D eigenvalue weighted by Gasteiger charge is -2.31. The number of rotatable bonds is 4. The number of carbonyl (C=O) groups is 1. The summed E-state index contributed by atoms with van der Waals surface area (Å²) in [6, 6.07) is 4.02. The first-order valence-electron chi connectivity index (χ1n) is 8.70. The minimum atomic E-state index is 0.0506. The highest BCUT2D eigenvalue weighted by Gasteiger charge is 2.28. The maximum Gasteiger partial charge on any atom is 0.267 e. The Bertz CT molecular complexity index is 882. The third-order valence-electron chi connectivity index (χ3n) is 4.82. The van der Waals surface area contributed by atoms with E-state index in [1.807, 2.05) is 36.5 Å². The maximum absolute atomic E-state index is 12.6. The first kappa shape index (κ1) is 16.8. The lowest BCUT2D eigenvalue weighted by atomic mass is 9.95. The highest BCUT2D eigenvalue weighted by Crippen LogP contribution is 2.28. The molecule has 3 aromatic heterocycles. The molecule has 1 aliphatic heterocycles. The molecule has 134 valence electrons. The van der Waals surface area contributed by atoms with Crippen molar-refractivity contribution in [3.63, 3.8) is 0 Å². The van der Waals surface area contributed by atoms with Crippen LogP contribution in [-0.2, 0) is 6.54 Å². The van der Waals surface area contributed by atoms with Gasteiger partial charge in [0.25, 0.3) is 5.91 Å². The Morgan fingerprint density at radius 3 is 2.85 bits per heavy atom. The molecule has 26 heavy (non-hydrogen) atoms. The summed E-state index contributed by atoms with van der Waals surface area (Å²) < 4.78 is 6.06. The molecule has 4 rings (SSSR count). The van der Waals surface area contributed by atoms with Crippen LogP contribution in [0, 0.1) is 6.92 Å². The number of piperidine rings is 1. The van der Waals surface area contributed by atoms with E-state index in [1.54, 1.807) is 6.20 Å². The van der Waals surface area contributed by atoms with E-state index in [0.29, 0.717) is 16.5 Å². The van der Waals surface area contributed by atoms with Gasteiger partial charge in [-0.1, -0.05) is 10.6 Å². The number of likely N-dealkylation sites (tertiary alicyclic amines) is 1. The quantitative estimate of drug-likeness (QED) is 0.707. The summed E-state index contributed by atoms with van der Waals surface area (Å²) in [6.45, 7) is 4.08. The molecule has 8 heteroatoms. The molecular weight excluding hydrogens is 348 g/mol. The van der Waals surface area contributed by atoms with Crippen molar-refractivity contribution in [2.45, 2.75) is 32.2 Å². The first-order valence-corrected chi connectivity index (χ1v) is 9.48. The molecule has 0 saturated carbocycles. The first-order chi connectivity index (χ1) is 12.7. The van der Waals surface area contributed by atoms with Gasteiger partial charge in [-0.25, -0.2) is 4.98 Å². The van der Waals surface area contributed by atoms with Crippen LogP contribution in [0.2, 0.25) is 0 Å². The molecule has 0 N–H and O–H groups in total. The predicted molar refractivity (Wildman–Crippen MR) is 98.1 cm³/mol. The van der Waals surface area contributed by atoms with Gasteiger partial charge in [0.05, 0.1) is 12.2 Å². The SMILES string of the molecule is Cc1nnsc1C(=O)N1CCC(c2nccn2Cc2cccnc2)CC1. The van der Waals surface area contributed by atoms with Crippen LogP contribution in [0.4, 0.5) is 0 Å². The van der Waals surface area contributed by atoms with Gasteiger partial charge in [0.1, 0.15) is 10.7 Å². The van der Waals surface area contributed by atoms with E-state index in [1.165, 1.54) is 11.5 Å². The molecule has 1 aliphatic rings. The lowest BCUT2D eigenvalue weighted by molar-refractivity contribution is 0.0714. The van der Waals surface area contributed by atoms with Crippen molar-refractivity contribution in [3.05, 3.63) is 58.9 Å².